The third kappa shape index (κ3) is 6.50. The maximum absolute atomic E-state index is 12.6. The summed E-state index contributed by atoms with van der Waals surface area (Å²) in [5.74, 6) is 1.20. The number of imide groups is 1. The number of ether oxygens (including phenoxy) is 4. The van der Waals surface area contributed by atoms with Crippen LogP contribution >= 0.6 is 11.8 Å². The number of carbonyl (C=O) groups is 3. The second kappa shape index (κ2) is 11.7. The van der Waals surface area contributed by atoms with Crippen LogP contribution in [0.1, 0.15) is 22.6 Å². The Balaban J connectivity index is 1.47. The van der Waals surface area contributed by atoms with Crippen LogP contribution in [0.25, 0.3) is 6.08 Å². The van der Waals surface area contributed by atoms with E-state index in [4.69, 9.17) is 18.9 Å². The van der Waals surface area contributed by atoms with E-state index < -0.39 is 11.8 Å². The molecule has 1 atom stereocenters. The van der Waals surface area contributed by atoms with Gasteiger partial charge < -0.3 is 18.9 Å². The fourth-order valence-electron chi connectivity index (χ4n) is 3.81. The summed E-state index contributed by atoms with van der Waals surface area (Å²) in [4.78, 5) is 36.0. The van der Waals surface area contributed by atoms with Crippen molar-refractivity contribution in [3.05, 3.63) is 88.3 Å². The summed E-state index contributed by atoms with van der Waals surface area (Å²) in [6.45, 7) is 0. The van der Waals surface area contributed by atoms with Crippen LogP contribution in [0.2, 0.25) is 0 Å². The van der Waals surface area contributed by atoms with E-state index in [9.17, 15) is 14.4 Å². The Labute approximate surface area is 218 Å². The summed E-state index contributed by atoms with van der Waals surface area (Å²) in [6, 6.07) is 19.9. The molecule has 9 heteroatoms. The second-order valence-corrected chi connectivity index (χ2v) is 9.11. The summed E-state index contributed by atoms with van der Waals surface area (Å²) in [7, 11) is 4.53. The number of nitrogens with one attached hydrogen (secondary N) is 1. The van der Waals surface area contributed by atoms with Gasteiger partial charge in [0.05, 0.1) is 32.2 Å². The van der Waals surface area contributed by atoms with Gasteiger partial charge in [0.1, 0.15) is 23.0 Å². The van der Waals surface area contributed by atoms with Crippen molar-refractivity contribution in [2.75, 3.05) is 21.3 Å². The van der Waals surface area contributed by atoms with Crippen molar-refractivity contribution in [3.63, 3.8) is 0 Å². The highest BCUT2D eigenvalue weighted by Crippen LogP contribution is 2.31. The SMILES string of the molecule is COC(=O)C(Cc1cc(OC)cc(OC)c1)c1ccc(Oc2ccc(/C=C3/SC(=O)NC3=O)cc2)cc1. The van der Waals surface area contributed by atoms with Crippen molar-refractivity contribution in [2.24, 2.45) is 0 Å². The van der Waals surface area contributed by atoms with Gasteiger partial charge in [0.2, 0.25) is 0 Å². The Morgan fingerprint density at radius 2 is 1.46 bits per heavy atom. The summed E-state index contributed by atoms with van der Waals surface area (Å²) in [5, 5.41) is 1.85. The van der Waals surface area contributed by atoms with E-state index in [-0.39, 0.29) is 11.2 Å². The van der Waals surface area contributed by atoms with Crippen molar-refractivity contribution >= 4 is 35.0 Å². The highest BCUT2D eigenvalue weighted by atomic mass is 32.2. The molecule has 0 bridgehead atoms. The first-order valence-corrected chi connectivity index (χ1v) is 12.1. The van der Waals surface area contributed by atoms with E-state index in [0.717, 1.165) is 28.5 Å². The van der Waals surface area contributed by atoms with Gasteiger partial charge in [-0.2, -0.15) is 0 Å². The average Bonchev–Trinajstić information content (AvgIpc) is 3.24. The molecular formula is C28H25NO7S. The molecule has 2 amide bonds. The number of hydrogen-bond donors (Lipinski definition) is 1. The van der Waals surface area contributed by atoms with E-state index in [1.807, 2.05) is 24.3 Å². The maximum Gasteiger partial charge on any atom is 0.313 e. The molecule has 190 valence electrons. The molecule has 8 nitrogen and oxygen atoms in total. The minimum Gasteiger partial charge on any atom is -0.497 e. The fraction of sp³-hybridized carbons (Fsp3) is 0.179. The summed E-state index contributed by atoms with van der Waals surface area (Å²) in [6.07, 6.45) is 2.05. The smallest absolute Gasteiger partial charge is 0.313 e. The molecule has 1 heterocycles. The Kier molecular flexibility index (Phi) is 8.15. The van der Waals surface area contributed by atoms with Crippen molar-refractivity contribution in [1.29, 1.82) is 0 Å². The van der Waals surface area contributed by atoms with E-state index in [0.29, 0.717) is 34.3 Å². The van der Waals surface area contributed by atoms with Crippen LogP contribution < -0.4 is 19.5 Å². The average molecular weight is 520 g/mol. The zero-order chi connectivity index (χ0) is 26.4. The lowest BCUT2D eigenvalue weighted by Gasteiger charge is -2.17. The Morgan fingerprint density at radius 3 is 1.97 bits per heavy atom. The van der Waals surface area contributed by atoms with Gasteiger partial charge in [0.15, 0.2) is 0 Å². The molecule has 1 aliphatic heterocycles. The number of methoxy groups -OCH3 is 3. The van der Waals surface area contributed by atoms with Gasteiger partial charge in [-0.15, -0.1) is 0 Å². The molecule has 1 saturated heterocycles. The van der Waals surface area contributed by atoms with Crippen LogP contribution in [0.3, 0.4) is 0 Å². The zero-order valence-electron chi connectivity index (χ0n) is 20.5. The molecule has 0 saturated carbocycles. The number of thioether (sulfide) groups is 1. The third-order valence-corrected chi connectivity index (χ3v) is 6.49. The Hall–Kier alpha value is -4.24. The van der Waals surface area contributed by atoms with E-state index in [2.05, 4.69) is 5.32 Å². The zero-order valence-corrected chi connectivity index (χ0v) is 21.3. The van der Waals surface area contributed by atoms with Gasteiger partial charge in [-0.1, -0.05) is 24.3 Å². The third-order valence-electron chi connectivity index (χ3n) is 5.67. The monoisotopic (exact) mass is 519 g/mol. The maximum atomic E-state index is 12.6. The Morgan fingerprint density at radius 1 is 0.865 bits per heavy atom. The van der Waals surface area contributed by atoms with Crippen molar-refractivity contribution in [3.8, 4) is 23.0 Å². The molecule has 1 fully saturated rings. The normalized spacial score (nSPS) is 14.7. The molecule has 0 radical (unpaired) electrons. The van der Waals surface area contributed by atoms with Gasteiger partial charge >= 0.3 is 5.97 Å². The summed E-state index contributed by atoms with van der Waals surface area (Å²) < 4.78 is 21.7. The molecule has 0 aliphatic carbocycles. The molecule has 3 aromatic carbocycles. The largest absolute Gasteiger partial charge is 0.497 e. The van der Waals surface area contributed by atoms with Crippen LogP contribution in [0.4, 0.5) is 4.79 Å². The number of esters is 1. The summed E-state index contributed by atoms with van der Waals surface area (Å²) >= 11 is 0.871. The first-order chi connectivity index (χ1) is 17.9. The predicted octanol–water partition coefficient (Wildman–Crippen LogP) is 5.32. The second-order valence-electron chi connectivity index (χ2n) is 8.09. The molecule has 0 spiro atoms. The van der Waals surface area contributed by atoms with Gasteiger partial charge in [-0.3, -0.25) is 19.7 Å². The molecular weight excluding hydrogens is 494 g/mol. The molecule has 1 unspecified atom stereocenters. The van der Waals surface area contributed by atoms with E-state index >= 15 is 0 Å². The molecule has 1 aliphatic rings. The van der Waals surface area contributed by atoms with Gasteiger partial charge in [-0.25, -0.2) is 0 Å². The standard InChI is InChI=1S/C28H25NO7S/c1-33-22-12-18(13-23(16-22)34-2)14-24(27(31)35-3)19-6-10-21(11-7-19)36-20-8-4-17(5-9-20)15-25-26(30)29-28(32)37-25/h4-13,15-16,24H,14H2,1-3H3,(H,29,30,32)/b25-15+. The lowest BCUT2D eigenvalue weighted by molar-refractivity contribution is -0.142. The molecule has 1 N–H and O–H groups in total. The van der Waals surface area contributed by atoms with Gasteiger partial charge in [0, 0.05) is 6.07 Å². The van der Waals surface area contributed by atoms with Crippen LogP contribution in [-0.4, -0.2) is 38.4 Å². The van der Waals surface area contributed by atoms with Crippen molar-refractivity contribution in [2.45, 2.75) is 12.3 Å². The minimum atomic E-state index is -0.527. The number of benzene rings is 3. The number of amides is 2. The van der Waals surface area contributed by atoms with Gasteiger partial charge in [-0.05, 0) is 77.3 Å². The minimum absolute atomic E-state index is 0.349. The topological polar surface area (TPSA) is 100 Å². The highest BCUT2D eigenvalue weighted by Gasteiger charge is 2.25. The lowest BCUT2D eigenvalue weighted by atomic mass is 9.91. The first kappa shape index (κ1) is 25.8. The first-order valence-electron chi connectivity index (χ1n) is 11.3. The number of carbonyl (C=O) groups excluding carboxylic acids is 3. The molecule has 0 aromatic heterocycles. The molecule has 3 aromatic rings. The van der Waals surface area contributed by atoms with E-state index in [1.54, 1.807) is 62.8 Å². The summed E-state index contributed by atoms with van der Waals surface area (Å²) in [5.41, 5.74) is 2.43. The molecule has 4 rings (SSSR count). The fourth-order valence-corrected chi connectivity index (χ4v) is 4.49. The van der Waals surface area contributed by atoms with Crippen LogP contribution in [0.15, 0.2) is 71.6 Å². The Bertz CT molecular complexity index is 1310. The van der Waals surface area contributed by atoms with Crippen LogP contribution in [0.5, 0.6) is 23.0 Å². The number of rotatable bonds is 9. The van der Waals surface area contributed by atoms with Crippen LogP contribution in [-0.2, 0) is 20.7 Å². The lowest BCUT2D eigenvalue weighted by Crippen LogP contribution is -2.17. The van der Waals surface area contributed by atoms with Gasteiger partial charge in [0.25, 0.3) is 11.1 Å². The van der Waals surface area contributed by atoms with E-state index in [1.165, 1.54) is 7.11 Å². The highest BCUT2D eigenvalue weighted by molar-refractivity contribution is 8.18. The quantitative estimate of drug-likeness (QED) is 0.300. The van der Waals surface area contributed by atoms with Crippen molar-refractivity contribution < 1.29 is 33.3 Å². The van der Waals surface area contributed by atoms with Crippen molar-refractivity contribution in [1.82, 2.24) is 5.32 Å². The molecule has 37 heavy (non-hydrogen) atoms. The van der Waals surface area contributed by atoms with Crippen LogP contribution in [0, 0.1) is 0 Å². The predicted molar refractivity (Wildman–Crippen MR) is 140 cm³/mol. The number of hydrogen-bond acceptors (Lipinski definition) is 8.